The molecule has 0 unspecified atom stereocenters. The largest absolute Gasteiger partial charge is 0.497 e. The number of anilines is 1. The summed E-state index contributed by atoms with van der Waals surface area (Å²) >= 11 is 0. The van der Waals surface area contributed by atoms with Crippen molar-refractivity contribution in [3.8, 4) is 5.75 Å². The van der Waals surface area contributed by atoms with Gasteiger partial charge in [-0.15, -0.1) is 0 Å². The monoisotopic (exact) mass is 308 g/mol. The molecule has 3 nitrogen and oxygen atoms in total. The number of hydrogen-bond donors (Lipinski definition) is 1. The van der Waals surface area contributed by atoms with E-state index in [1.54, 1.807) is 24.3 Å². The van der Waals surface area contributed by atoms with Crippen LogP contribution in [0.4, 0.5) is 18.9 Å². The molecule has 0 aliphatic carbocycles. The summed E-state index contributed by atoms with van der Waals surface area (Å²) in [5.41, 5.74) is 0.173. The molecule has 0 saturated carbocycles. The fraction of sp³-hybridized carbons (Fsp3) is 0.125. The lowest BCUT2D eigenvalue weighted by atomic mass is 10.1. The van der Waals surface area contributed by atoms with Crippen LogP contribution in [0.2, 0.25) is 0 Å². The van der Waals surface area contributed by atoms with Gasteiger partial charge in [-0.1, -0.05) is 12.1 Å². The van der Waals surface area contributed by atoms with Crippen LogP contribution in [0.1, 0.15) is 21.5 Å². The summed E-state index contributed by atoms with van der Waals surface area (Å²) in [6.07, 6.45) is -4.52. The van der Waals surface area contributed by atoms with Gasteiger partial charge in [0.05, 0.1) is 12.7 Å². The van der Waals surface area contributed by atoms with Crippen molar-refractivity contribution in [1.82, 2.24) is 0 Å². The molecule has 0 fully saturated rings. The van der Waals surface area contributed by atoms with Gasteiger partial charge in [-0.05, 0) is 36.8 Å². The highest BCUT2D eigenvalue weighted by molar-refractivity contribution is 6.04. The number of hydrogen-bond acceptors (Lipinski definition) is 2. The third-order valence-corrected chi connectivity index (χ3v) is 2.94. The first kappa shape index (κ1) is 15.9. The molecule has 22 heavy (non-hydrogen) atoms. The molecule has 1 N–H and O–H groups in total. The summed E-state index contributed by atoms with van der Waals surface area (Å²) in [7, 11) is 1.26. The molecule has 2 aromatic carbocycles. The van der Waals surface area contributed by atoms with Crippen LogP contribution < -0.4 is 10.1 Å². The maximum atomic E-state index is 12.8. The van der Waals surface area contributed by atoms with Crippen LogP contribution in [0, 0.1) is 6.92 Å². The van der Waals surface area contributed by atoms with Crippen LogP contribution in [0.15, 0.2) is 42.5 Å². The van der Waals surface area contributed by atoms with Gasteiger partial charge in [0.2, 0.25) is 0 Å². The highest BCUT2D eigenvalue weighted by Gasteiger charge is 2.31. The third kappa shape index (κ3) is 3.78. The SMILES string of the molecule is [CH2]c1ccc(C(=O)Nc2cc(OC)cc(C(F)(F)F)c2)cc1. The van der Waals surface area contributed by atoms with E-state index in [-0.39, 0.29) is 11.4 Å². The summed E-state index contributed by atoms with van der Waals surface area (Å²) in [5, 5.41) is 2.43. The van der Waals surface area contributed by atoms with Gasteiger partial charge >= 0.3 is 6.18 Å². The number of ether oxygens (including phenoxy) is 1. The van der Waals surface area contributed by atoms with E-state index in [1.165, 1.54) is 13.2 Å². The first-order valence-electron chi connectivity index (χ1n) is 6.29. The van der Waals surface area contributed by atoms with Crippen LogP contribution in [0.5, 0.6) is 5.75 Å². The minimum absolute atomic E-state index is 0.00961. The van der Waals surface area contributed by atoms with Crippen LogP contribution in [-0.2, 0) is 6.18 Å². The third-order valence-electron chi connectivity index (χ3n) is 2.94. The van der Waals surface area contributed by atoms with Crippen LogP contribution in [0.3, 0.4) is 0 Å². The average molecular weight is 308 g/mol. The van der Waals surface area contributed by atoms with E-state index in [0.29, 0.717) is 5.56 Å². The zero-order valence-corrected chi connectivity index (χ0v) is 11.7. The Morgan fingerprint density at radius 3 is 2.32 bits per heavy atom. The van der Waals surface area contributed by atoms with E-state index in [1.807, 2.05) is 0 Å². The number of carbonyl (C=O) groups excluding carboxylic acids is 1. The summed E-state index contributed by atoms with van der Waals surface area (Å²) in [6, 6.07) is 9.42. The van der Waals surface area contributed by atoms with E-state index in [0.717, 1.165) is 17.7 Å². The van der Waals surface area contributed by atoms with E-state index in [4.69, 9.17) is 4.74 Å². The normalized spacial score (nSPS) is 11.1. The van der Waals surface area contributed by atoms with Crippen molar-refractivity contribution in [2.24, 2.45) is 0 Å². The van der Waals surface area contributed by atoms with Gasteiger partial charge in [0, 0.05) is 17.3 Å². The molecule has 2 aromatic rings. The van der Waals surface area contributed by atoms with Gasteiger partial charge in [0.1, 0.15) is 5.75 Å². The molecular weight excluding hydrogens is 295 g/mol. The second-order valence-electron chi connectivity index (χ2n) is 4.60. The summed E-state index contributed by atoms with van der Waals surface area (Å²) in [5.74, 6) is -0.500. The van der Waals surface area contributed by atoms with Crippen molar-refractivity contribution in [2.45, 2.75) is 6.18 Å². The lowest BCUT2D eigenvalue weighted by Crippen LogP contribution is -2.13. The molecule has 0 bridgehead atoms. The van der Waals surface area contributed by atoms with Gasteiger partial charge in [-0.25, -0.2) is 0 Å². The Hall–Kier alpha value is -2.50. The van der Waals surface area contributed by atoms with E-state index in [2.05, 4.69) is 12.2 Å². The zero-order valence-electron chi connectivity index (χ0n) is 11.7. The lowest BCUT2D eigenvalue weighted by Gasteiger charge is -2.12. The Labute approximate surface area is 125 Å². The molecule has 1 amide bonds. The van der Waals surface area contributed by atoms with Crippen molar-refractivity contribution < 1.29 is 22.7 Å². The first-order valence-corrected chi connectivity index (χ1v) is 6.29. The van der Waals surface area contributed by atoms with Crippen LogP contribution in [-0.4, -0.2) is 13.0 Å². The maximum absolute atomic E-state index is 12.8. The van der Waals surface area contributed by atoms with Gasteiger partial charge in [0.25, 0.3) is 5.91 Å². The quantitative estimate of drug-likeness (QED) is 0.925. The highest BCUT2D eigenvalue weighted by atomic mass is 19.4. The number of nitrogens with one attached hydrogen (secondary N) is 1. The van der Waals surface area contributed by atoms with E-state index >= 15 is 0 Å². The molecule has 6 heteroatoms. The smallest absolute Gasteiger partial charge is 0.416 e. The summed E-state index contributed by atoms with van der Waals surface area (Å²) in [4.78, 5) is 12.0. The van der Waals surface area contributed by atoms with Gasteiger partial charge in [0.15, 0.2) is 0 Å². The molecular formula is C16H13F3NO2. The second-order valence-corrected chi connectivity index (χ2v) is 4.60. The summed E-state index contributed by atoms with van der Waals surface area (Å²) < 4.78 is 43.3. The maximum Gasteiger partial charge on any atom is 0.416 e. The molecule has 0 aliphatic rings. The average Bonchev–Trinajstić information content (AvgIpc) is 2.46. The summed E-state index contributed by atoms with van der Waals surface area (Å²) in [6.45, 7) is 3.69. The predicted octanol–water partition coefficient (Wildman–Crippen LogP) is 4.15. The molecule has 0 aromatic heterocycles. The molecule has 115 valence electrons. The van der Waals surface area contributed by atoms with Gasteiger partial charge in [-0.3, -0.25) is 4.79 Å². The number of methoxy groups -OCH3 is 1. The number of benzene rings is 2. The molecule has 1 radical (unpaired) electrons. The van der Waals surface area contributed by atoms with Crippen LogP contribution >= 0.6 is 0 Å². The molecule has 0 heterocycles. The van der Waals surface area contributed by atoms with Crippen LogP contribution in [0.25, 0.3) is 0 Å². The molecule has 0 saturated heterocycles. The topological polar surface area (TPSA) is 38.3 Å². The number of halogens is 3. The molecule has 0 atom stereocenters. The Kier molecular flexibility index (Phi) is 4.40. The first-order chi connectivity index (χ1) is 10.3. The Morgan fingerprint density at radius 1 is 1.14 bits per heavy atom. The fourth-order valence-corrected chi connectivity index (χ4v) is 1.81. The fourth-order valence-electron chi connectivity index (χ4n) is 1.81. The van der Waals surface area contributed by atoms with Crippen molar-refractivity contribution >= 4 is 11.6 Å². The zero-order chi connectivity index (χ0) is 16.3. The van der Waals surface area contributed by atoms with Gasteiger partial charge < -0.3 is 10.1 Å². The Morgan fingerprint density at radius 2 is 1.77 bits per heavy atom. The lowest BCUT2D eigenvalue weighted by molar-refractivity contribution is -0.137. The highest BCUT2D eigenvalue weighted by Crippen LogP contribution is 2.34. The number of carbonyl (C=O) groups is 1. The Balaban J connectivity index is 2.28. The van der Waals surface area contributed by atoms with Gasteiger partial charge in [-0.2, -0.15) is 13.2 Å². The molecule has 0 spiro atoms. The van der Waals surface area contributed by atoms with Crippen molar-refractivity contribution in [1.29, 1.82) is 0 Å². The predicted molar refractivity (Wildman–Crippen MR) is 76.9 cm³/mol. The van der Waals surface area contributed by atoms with E-state index < -0.39 is 17.6 Å². The van der Waals surface area contributed by atoms with Crippen molar-refractivity contribution in [2.75, 3.05) is 12.4 Å². The minimum Gasteiger partial charge on any atom is -0.497 e. The van der Waals surface area contributed by atoms with E-state index in [9.17, 15) is 18.0 Å². The Bertz CT molecular complexity index is 679. The van der Waals surface area contributed by atoms with Crippen molar-refractivity contribution in [3.05, 3.63) is 66.1 Å². The second kappa shape index (κ2) is 6.09. The van der Waals surface area contributed by atoms with Crippen molar-refractivity contribution in [3.63, 3.8) is 0 Å². The standard InChI is InChI=1S/C16H13F3NO2/c1-10-3-5-11(6-4-10)15(21)20-13-7-12(16(17,18)19)8-14(9-13)22-2/h3-9H,1H2,2H3,(H,20,21). The number of rotatable bonds is 3. The number of amides is 1. The number of alkyl halides is 3. The molecule has 0 aliphatic heterocycles. The molecule has 2 rings (SSSR count). The minimum atomic E-state index is -4.52.